The Morgan fingerprint density at radius 3 is 2.48 bits per heavy atom. The fraction of sp³-hybridized carbons (Fsp3) is 0.300. The highest BCUT2D eigenvalue weighted by molar-refractivity contribution is 6.19. The maximum atomic E-state index is 12.8. The van der Waals surface area contributed by atoms with Crippen molar-refractivity contribution in [3.63, 3.8) is 0 Å². The van der Waals surface area contributed by atoms with Crippen LogP contribution in [0.1, 0.15) is 23.6 Å². The van der Waals surface area contributed by atoms with E-state index in [0.717, 1.165) is 16.7 Å². The van der Waals surface area contributed by atoms with E-state index < -0.39 is 17.4 Å². The Balaban J connectivity index is 1.92. The van der Waals surface area contributed by atoms with Gasteiger partial charge in [0, 0.05) is 12.7 Å². The molecule has 2 aromatic rings. The lowest BCUT2D eigenvalue weighted by atomic mass is 9.99. The number of hydrogen-bond donors (Lipinski definition) is 1. The third-order valence-corrected chi connectivity index (χ3v) is 4.70. The van der Waals surface area contributed by atoms with Gasteiger partial charge in [0.05, 0.1) is 5.69 Å². The van der Waals surface area contributed by atoms with Crippen LogP contribution in [-0.2, 0) is 9.59 Å². The zero-order valence-corrected chi connectivity index (χ0v) is 15.1. The molecule has 1 aliphatic rings. The van der Waals surface area contributed by atoms with Crippen molar-refractivity contribution in [1.29, 1.82) is 0 Å². The quantitative estimate of drug-likeness (QED) is 0.854. The van der Waals surface area contributed by atoms with Gasteiger partial charge in [0.25, 0.3) is 17.4 Å². The molecule has 25 heavy (non-hydrogen) atoms. The van der Waals surface area contributed by atoms with Crippen molar-refractivity contribution in [2.24, 2.45) is 0 Å². The van der Waals surface area contributed by atoms with Crippen LogP contribution < -0.4 is 15.0 Å². The molecule has 2 amide bonds. The SMILES string of the molecule is Cc1ccc2c(c1)N(C)C(=O)C(C)(C(=O)Nc1ccc(C)c(C)c1)O2. The summed E-state index contributed by atoms with van der Waals surface area (Å²) in [6, 6.07) is 11.2. The summed E-state index contributed by atoms with van der Waals surface area (Å²) in [5.74, 6) is -0.365. The van der Waals surface area contributed by atoms with Crippen molar-refractivity contribution in [1.82, 2.24) is 0 Å². The van der Waals surface area contributed by atoms with Gasteiger partial charge in [-0.3, -0.25) is 9.59 Å². The molecule has 5 heteroatoms. The van der Waals surface area contributed by atoms with Gasteiger partial charge in [0.2, 0.25) is 0 Å². The van der Waals surface area contributed by atoms with Crippen LogP contribution in [0.5, 0.6) is 5.75 Å². The van der Waals surface area contributed by atoms with Gasteiger partial charge in [-0.1, -0.05) is 12.1 Å². The molecule has 1 heterocycles. The second kappa shape index (κ2) is 5.92. The van der Waals surface area contributed by atoms with E-state index in [1.165, 1.54) is 11.8 Å². The summed E-state index contributed by atoms with van der Waals surface area (Å²) >= 11 is 0. The lowest BCUT2D eigenvalue weighted by Crippen LogP contribution is -2.59. The number of nitrogens with one attached hydrogen (secondary N) is 1. The van der Waals surface area contributed by atoms with Gasteiger partial charge >= 0.3 is 0 Å². The van der Waals surface area contributed by atoms with Crippen LogP contribution in [0.4, 0.5) is 11.4 Å². The number of fused-ring (bicyclic) bond motifs is 1. The van der Waals surface area contributed by atoms with Gasteiger partial charge < -0.3 is 15.0 Å². The molecule has 0 radical (unpaired) electrons. The molecule has 0 spiro atoms. The van der Waals surface area contributed by atoms with Crippen molar-refractivity contribution < 1.29 is 14.3 Å². The summed E-state index contributed by atoms with van der Waals surface area (Å²) in [6.45, 7) is 7.43. The van der Waals surface area contributed by atoms with E-state index in [4.69, 9.17) is 4.74 Å². The number of anilines is 2. The third-order valence-electron chi connectivity index (χ3n) is 4.70. The summed E-state index contributed by atoms with van der Waals surface area (Å²) in [7, 11) is 1.66. The van der Waals surface area contributed by atoms with Crippen molar-refractivity contribution >= 4 is 23.2 Å². The molecule has 0 aliphatic carbocycles. The van der Waals surface area contributed by atoms with Crippen LogP contribution in [-0.4, -0.2) is 24.5 Å². The van der Waals surface area contributed by atoms with Crippen molar-refractivity contribution in [2.45, 2.75) is 33.3 Å². The zero-order chi connectivity index (χ0) is 18.4. The molecule has 5 nitrogen and oxygen atoms in total. The van der Waals surface area contributed by atoms with Crippen LogP contribution in [0.15, 0.2) is 36.4 Å². The Labute approximate surface area is 147 Å². The van der Waals surface area contributed by atoms with E-state index in [0.29, 0.717) is 17.1 Å². The smallest absolute Gasteiger partial charge is 0.280 e. The first kappa shape index (κ1) is 17.0. The molecule has 0 fully saturated rings. The van der Waals surface area contributed by atoms with Gasteiger partial charge in [0.15, 0.2) is 0 Å². The molecule has 0 saturated heterocycles. The number of benzene rings is 2. The van der Waals surface area contributed by atoms with E-state index >= 15 is 0 Å². The normalized spacial score (nSPS) is 19.2. The standard InChI is InChI=1S/C20H22N2O3/c1-12-6-9-17-16(10-12)22(5)19(24)20(4,25-17)18(23)21-15-8-7-13(2)14(3)11-15/h6-11H,1-5H3,(H,21,23). The predicted octanol–water partition coefficient (Wildman–Crippen LogP) is 3.36. The van der Waals surface area contributed by atoms with Gasteiger partial charge in [0.1, 0.15) is 5.75 Å². The number of carbonyl (C=O) groups excluding carboxylic acids is 2. The minimum absolute atomic E-state index is 0.396. The number of amides is 2. The van der Waals surface area contributed by atoms with E-state index in [1.807, 2.05) is 51.1 Å². The highest BCUT2D eigenvalue weighted by atomic mass is 16.5. The minimum Gasteiger partial charge on any atom is -0.465 e. The molecule has 1 N–H and O–H groups in total. The highest BCUT2D eigenvalue weighted by Crippen LogP contribution is 2.38. The summed E-state index contributed by atoms with van der Waals surface area (Å²) in [6.07, 6.45) is 0. The highest BCUT2D eigenvalue weighted by Gasteiger charge is 2.49. The molecule has 3 rings (SSSR count). The Bertz CT molecular complexity index is 875. The second-order valence-electron chi connectivity index (χ2n) is 6.72. The molecule has 1 atom stereocenters. The molecule has 0 saturated carbocycles. The fourth-order valence-corrected chi connectivity index (χ4v) is 2.88. The maximum absolute atomic E-state index is 12.8. The zero-order valence-electron chi connectivity index (χ0n) is 15.1. The number of carbonyl (C=O) groups is 2. The van der Waals surface area contributed by atoms with Crippen LogP contribution in [0.3, 0.4) is 0 Å². The van der Waals surface area contributed by atoms with E-state index in [-0.39, 0.29) is 0 Å². The third kappa shape index (κ3) is 2.86. The maximum Gasteiger partial charge on any atom is 0.280 e. The Kier molecular flexibility index (Phi) is 4.03. The Hall–Kier alpha value is -2.82. The summed E-state index contributed by atoms with van der Waals surface area (Å²) in [5, 5.41) is 2.80. The van der Waals surface area contributed by atoms with E-state index in [2.05, 4.69) is 5.32 Å². The number of likely N-dealkylation sites (N-methyl/N-ethyl adjacent to an activating group) is 1. The van der Waals surface area contributed by atoms with Crippen molar-refractivity contribution in [3.05, 3.63) is 53.1 Å². The first-order chi connectivity index (χ1) is 11.7. The van der Waals surface area contributed by atoms with Gasteiger partial charge in [-0.05, 0) is 68.7 Å². The average molecular weight is 338 g/mol. The van der Waals surface area contributed by atoms with Crippen molar-refractivity contribution in [3.8, 4) is 5.75 Å². The molecule has 0 aromatic heterocycles. The first-order valence-electron chi connectivity index (χ1n) is 8.19. The lowest BCUT2D eigenvalue weighted by Gasteiger charge is -2.38. The minimum atomic E-state index is -1.62. The Morgan fingerprint density at radius 2 is 1.80 bits per heavy atom. The van der Waals surface area contributed by atoms with E-state index in [9.17, 15) is 9.59 Å². The predicted molar refractivity (Wildman–Crippen MR) is 98.2 cm³/mol. The molecule has 1 aliphatic heterocycles. The van der Waals surface area contributed by atoms with Crippen LogP contribution in [0.25, 0.3) is 0 Å². The molecule has 0 bridgehead atoms. The molecular weight excluding hydrogens is 316 g/mol. The topological polar surface area (TPSA) is 58.6 Å². The fourth-order valence-electron chi connectivity index (χ4n) is 2.88. The van der Waals surface area contributed by atoms with Crippen LogP contribution in [0, 0.1) is 20.8 Å². The number of rotatable bonds is 2. The van der Waals surface area contributed by atoms with Gasteiger partial charge in [-0.15, -0.1) is 0 Å². The number of aryl methyl sites for hydroxylation is 3. The molecular formula is C20H22N2O3. The average Bonchev–Trinajstić information content (AvgIpc) is 2.57. The molecule has 1 unspecified atom stereocenters. The second-order valence-corrected chi connectivity index (χ2v) is 6.72. The van der Waals surface area contributed by atoms with Crippen LogP contribution >= 0.6 is 0 Å². The Morgan fingerprint density at radius 1 is 1.08 bits per heavy atom. The summed E-state index contributed by atoms with van der Waals surface area (Å²) in [5.41, 5.74) is 2.92. The monoisotopic (exact) mass is 338 g/mol. The number of hydrogen-bond acceptors (Lipinski definition) is 3. The number of ether oxygens (including phenoxy) is 1. The van der Waals surface area contributed by atoms with Crippen LogP contribution in [0.2, 0.25) is 0 Å². The van der Waals surface area contributed by atoms with Gasteiger partial charge in [-0.25, -0.2) is 0 Å². The largest absolute Gasteiger partial charge is 0.465 e. The van der Waals surface area contributed by atoms with Gasteiger partial charge in [-0.2, -0.15) is 0 Å². The summed E-state index contributed by atoms with van der Waals surface area (Å²) in [4.78, 5) is 27.1. The molecule has 130 valence electrons. The van der Waals surface area contributed by atoms with E-state index in [1.54, 1.807) is 13.1 Å². The van der Waals surface area contributed by atoms with Crippen molar-refractivity contribution in [2.75, 3.05) is 17.3 Å². The molecule has 2 aromatic carbocycles. The number of nitrogens with zero attached hydrogens (tertiary/aromatic N) is 1. The lowest BCUT2D eigenvalue weighted by molar-refractivity contribution is -0.144. The summed E-state index contributed by atoms with van der Waals surface area (Å²) < 4.78 is 5.84. The first-order valence-corrected chi connectivity index (χ1v) is 8.19.